The van der Waals surface area contributed by atoms with Gasteiger partial charge in [-0.3, -0.25) is 0 Å². The topological polar surface area (TPSA) is 0 Å². The summed E-state index contributed by atoms with van der Waals surface area (Å²) in [6, 6.07) is 34.7. The first-order valence-corrected chi connectivity index (χ1v) is 9.28. The first-order chi connectivity index (χ1) is 12.4. The molecular weight excluding hydrogens is 320 g/mol. The quantitative estimate of drug-likeness (QED) is 0.315. The zero-order chi connectivity index (χ0) is 16.6. The van der Waals surface area contributed by atoms with Gasteiger partial charge in [0.15, 0.2) is 0 Å². The molecule has 1 heteroatoms. The van der Waals surface area contributed by atoms with Crippen LogP contribution in [0.5, 0.6) is 0 Å². The fraction of sp³-hybridized carbons (Fsp3) is 0. The number of thiophene rings is 1. The van der Waals surface area contributed by atoms with Gasteiger partial charge in [-0.05, 0) is 28.3 Å². The van der Waals surface area contributed by atoms with Gasteiger partial charge in [-0.2, -0.15) is 0 Å². The largest absolute Gasteiger partial charge is 0.135 e. The van der Waals surface area contributed by atoms with Crippen molar-refractivity contribution in [2.45, 2.75) is 0 Å². The fourth-order valence-electron chi connectivity index (χ4n) is 3.45. The van der Waals surface area contributed by atoms with Gasteiger partial charge in [0.2, 0.25) is 0 Å². The molecule has 0 bridgehead atoms. The lowest BCUT2D eigenvalue weighted by Crippen LogP contribution is -1.80. The van der Waals surface area contributed by atoms with E-state index in [4.69, 9.17) is 0 Å². The van der Waals surface area contributed by atoms with Crippen LogP contribution in [-0.4, -0.2) is 0 Å². The average Bonchev–Trinajstić information content (AvgIpc) is 3.08. The average molecular weight is 336 g/mol. The van der Waals surface area contributed by atoms with E-state index in [0.717, 1.165) is 0 Å². The molecule has 0 aliphatic carbocycles. The van der Waals surface area contributed by atoms with E-state index in [1.807, 2.05) is 11.3 Å². The van der Waals surface area contributed by atoms with Gasteiger partial charge in [0.25, 0.3) is 0 Å². The number of rotatable bonds is 2. The van der Waals surface area contributed by atoms with Crippen LogP contribution in [-0.2, 0) is 0 Å². The minimum Gasteiger partial charge on any atom is -0.135 e. The standard InChI is InChI=1S/C24H16S/c1-2-7-17(8-3-1)18-13-15-19(16-14-18)20-10-6-11-22-21-9-4-5-12-23(21)25-24(20)22/h1-16H. The molecule has 0 spiro atoms. The first-order valence-electron chi connectivity index (χ1n) is 8.46. The van der Waals surface area contributed by atoms with Crippen LogP contribution in [0.15, 0.2) is 97.1 Å². The molecule has 1 heterocycles. The lowest BCUT2D eigenvalue weighted by atomic mass is 9.99. The molecule has 25 heavy (non-hydrogen) atoms. The second kappa shape index (κ2) is 5.87. The second-order valence-electron chi connectivity index (χ2n) is 6.22. The minimum absolute atomic E-state index is 1.26. The van der Waals surface area contributed by atoms with Crippen molar-refractivity contribution in [2.24, 2.45) is 0 Å². The Labute approximate surface area is 151 Å². The monoisotopic (exact) mass is 336 g/mol. The Morgan fingerprint density at radius 2 is 1.08 bits per heavy atom. The van der Waals surface area contributed by atoms with E-state index < -0.39 is 0 Å². The highest BCUT2D eigenvalue weighted by atomic mass is 32.1. The number of hydrogen-bond donors (Lipinski definition) is 0. The van der Waals surface area contributed by atoms with Gasteiger partial charge in [-0.25, -0.2) is 0 Å². The Hall–Kier alpha value is -2.90. The van der Waals surface area contributed by atoms with Crippen LogP contribution in [0, 0.1) is 0 Å². The third-order valence-electron chi connectivity index (χ3n) is 4.71. The molecule has 0 fully saturated rings. The van der Waals surface area contributed by atoms with E-state index in [1.54, 1.807) is 0 Å². The van der Waals surface area contributed by atoms with Gasteiger partial charge in [-0.15, -0.1) is 11.3 Å². The molecule has 0 N–H and O–H groups in total. The molecule has 0 unspecified atom stereocenters. The van der Waals surface area contributed by atoms with Crippen LogP contribution < -0.4 is 0 Å². The van der Waals surface area contributed by atoms with E-state index >= 15 is 0 Å². The van der Waals surface area contributed by atoms with Crippen molar-refractivity contribution in [3.63, 3.8) is 0 Å². The molecular formula is C24H16S. The first kappa shape index (κ1) is 14.4. The number of hydrogen-bond acceptors (Lipinski definition) is 1. The summed E-state index contributed by atoms with van der Waals surface area (Å²) in [7, 11) is 0. The third-order valence-corrected chi connectivity index (χ3v) is 5.93. The van der Waals surface area contributed by atoms with E-state index in [2.05, 4.69) is 97.1 Å². The highest BCUT2D eigenvalue weighted by Gasteiger charge is 2.09. The van der Waals surface area contributed by atoms with Gasteiger partial charge in [0.05, 0.1) is 0 Å². The maximum absolute atomic E-state index is 2.24. The van der Waals surface area contributed by atoms with Crippen LogP contribution >= 0.6 is 11.3 Å². The molecule has 5 rings (SSSR count). The van der Waals surface area contributed by atoms with E-state index in [1.165, 1.54) is 42.4 Å². The molecule has 0 saturated heterocycles. The Kier molecular flexibility index (Phi) is 3.39. The van der Waals surface area contributed by atoms with Crippen molar-refractivity contribution in [3.05, 3.63) is 97.1 Å². The summed E-state index contributed by atoms with van der Waals surface area (Å²) in [5, 5.41) is 2.70. The van der Waals surface area contributed by atoms with Crippen molar-refractivity contribution in [2.75, 3.05) is 0 Å². The number of fused-ring (bicyclic) bond motifs is 3. The Balaban J connectivity index is 1.66. The van der Waals surface area contributed by atoms with Gasteiger partial charge in [0.1, 0.15) is 0 Å². The molecule has 0 nitrogen and oxygen atoms in total. The molecule has 0 amide bonds. The number of benzene rings is 4. The van der Waals surface area contributed by atoms with Crippen molar-refractivity contribution in [3.8, 4) is 22.3 Å². The smallest absolute Gasteiger partial charge is 0.0433 e. The molecule has 4 aromatic carbocycles. The van der Waals surface area contributed by atoms with E-state index in [-0.39, 0.29) is 0 Å². The Morgan fingerprint density at radius 3 is 1.92 bits per heavy atom. The van der Waals surface area contributed by atoms with Gasteiger partial charge in [0, 0.05) is 20.2 Å². The summed E-state index contributed by atoms with van der Waals surface area (Å²) in [5.74, 6) is 0. The second-order valence-corrected chi connectivity index (χ2v) is 7.28. The molecule has 0 radical (unpaired) electrons. The minimum atomic E-state index is 1.26. The van der Waals surface area contributed by atoms with Crippen molar-refractivity contribution in [1.82, 2.24) is 0 Å². The van der Waals surface area contributed by atoms with Crippen molar-refractivity contribution < 1.29 is 0 Å². The lowest BCUT2D eigenvalue weighted by Gasteiger charge is -2.06. The van der Waals surface area contributed by atoms with Crippen LogP contribution in [0.2, 0.25) is 0 Å². The normalized spacial score (nSPS) is 11.2. The molecule has 0 saturated carbocycles. The maximum Gasteiger partial charge on any atom is 0.0433 e. The van der Waals surface area contributed by atoms with Gasteiger partial charge >= 0.3 is 0 Å². The summed E-state index contributed by atoms with van der Waals surface area (Å²) in [6.07, 6.45) is 0. The Morgan fingerprint density at radius 1 is 0.440 bits per heavy atom. The summed E-state index contributed by atoms with van der Waals surface area (Å²) < 4.78 is 2.72. The molecule has 118 valence electrons. The maximum atomic E-state index is 2.24. The van der Waals surface area contributed by atoms with Crippen molar-refractivity contribution >= 4 is 31.5 Å². The van der Waals surface area contributed by atoms with Gasteiger partial charge in [-0.1, -0.05) is 91.0 Å². The lowest BCUT2D eigenvalue weighted by molar-refractivity contribution is 1.61. The van der Waals surface area contributed by atoms with Crippen LogP contribution in [0.25, 0.3) is 42.4 Å². The predicted octanol–water partition coefficient (Wildman–Crippen LogP) is 7.39. The van der Waals surface area contributed by atoms with Crippen molar-refractivity contribution in [1.29, 1.82) is 0 Å². The fourth-order valence-corrected chi connectivity index (χ4v) is 4.69. The Bertz CT molecular complexity index is 1170. The molecule has 0 aliphatic rings. The molecule has 0 atom stereocenters. The summed E-state index contributed by atoms with van der Waals surface area (Å²) in [5.41, 5.74) is 5.11. The SMILES string of the molecule is c1ccc(-c2ccc(-c3cccc4c3sc3ccccc34)cc2)cc1. The van der Waals surface area contributed by atoms with Crippen LogP contribution in [0.1, 0.15) is 0 Å². The van der Waals surface area contributed by atoms with E-state index in [9.17, 15) is 0 Å². The third kappa shape index (κ3) is 2.45. The molecule has 5 aromatic rings. The zero-order valence-electron chi connectivity index (χ0n) is 13.6. The van der Waals surface area contributed by atoms with Crippen LogP contribution in [0.4, 0.5) is 0 Å². The summed E-state index contributed by atoms with van der Waals surface area (Å²) in [4.78, 5) is 0. The predicted molar refractivity (Wildman–Crippen MR) is 110 cm³/mol. The highest BCUT2D eigenvalue weighted by Crippen LogP contribution is 2.39. The highest BCUT2D eigenvalue weighted by molar-refractivity contribution is 7.26. The zero-order valence-corrected chi connectivity index (χ0v) is 14.5. The van der Waals surface area contributed by atoms with Crippen LogP contribution in [0.3, 0.4) is 0 Å². The summed E-state index contributed by atoms with van der Waals surface area (Å²) in [6.45, 7) is 0. The van der Waals surface area contributed by atoms with Gasteiger partial charge < -0.3 is 0 Å². The molecule has 1 aromatic heterocycles. The van der Waals surface area contributed by atoms with E-state index in [0.29, 0.717) is 0 Å². The summed E-state index contributed by atoms with van der Waals surface area (Å²) >= 11 is 1.88. The molecule has 0 aliphatic heterocycles.